The maximum Gasteiger partial charge on any atom is 0.193 e. The van der Waals surface area contributed by atoms with E-state index in [1.807, 2.05) is 18.2 Å². The van der Waals surface area contributed by atoms with Gasteiger partial charge in [0.15, 0.2) is 5.78 Å². The summed E-state index contributed by atoms with van der Waals surface area (Å²) in [5.41, 5.74) is 1.16. The highest BCUT2D eigenvalue weighted by Gasteiger charge is 2.09. The minimum absolute atomic E-state index is 0.00296. The van der Waals surface area contributed by atoms with Crippen LogP contribution >= 0.6 is 0 Å². The highest BCUT2D eigenvalue weighted by molar-refractivity contribution is 6.09. The van der Waals surface area contributed by atoms with Gasteiger partial charge in [-0.3, -0.25) is 4.79 Å². The summed E-state index contributed by atoms with van der Waals surface area (Å²) in [4.78, 5) is 12.1. The van der Waals surface area contributed by atoms with E-state index < -0.39 is 6.67 Å². The van der Waals surface area contributed by atoms with Crippen LogP contribution in [0.4, 0.5) is 4.39 Å². The van der Waals surface area contributed by atoms with Crippen molar-refractivity contribution in [1.29, 1.82) is 0 Å². The van der Waals surface area contributed by atoms with E-state index in [1.54, 1.807) is 36.4 Å². The van der Waals surface area contributed by atoms with Gasteiger partial charge in [0.2, 0.25) is 0 Å². The second-order valence-electron chi connectivity index (χ2n) is 3.76. The fraction of sp³-hybridized carbons (Fsp3) is 0.133. The average Bonchev–Trinajstić information content (AvgIpc) is 2.45. The smallest absolute Gasteiger partial charge is 0.193 e. The number of rotatable bonds is 5. The largest absolute Gasteiger partial charge is 0.491 e. The van der Waals surface area contributed by atoms with E-state index in [2.05, 4.69) is 0 Å². The van der Waals surface area contributed by atoms with Gasteiger partial charge in [0.1, 0.15) is 19.0 Å². The van der Waals surface area contributed by atoms with Crippen LogP contribution < -0.4 is 4.74 Å². The van der Waals surface area contributed by atoms with E-state index in [9.17, 15) is 9.18 Å². The number of alkyl halides is 1. The first-order valence-corrected chi connectivity index (χ1v) is 5.70. The Hall–Kier alpha value is -2.16. The summed E-state index contributed by atoms with van der Waals surface area (Å²) in [6, 6.07) is 15.8. The molecular formula is C15H13FO2. The third kappa shape index (κ3) is 2.94. The SMILES string of the molecule is O=C(c1ccccc1)c1cccc(OCCF)c1. The van der Waals surface area contributed by atoms with Gasteiger partial charge in [-0.1, -0.05) is 42.5 Å². The second-order valence-corrected chi connectivity index (χ2v) is 3.76. The molecule has 0 aliphatic carbocycles. The summed E-state index contributed by atoms with van der Waals surface area (Å²) in [6.45, 7) is -0.542. The van der Waals surface area contributed by atoms with Gasteiger partial charge in [0.05, 0.1) is 0 Å². The van der Waals surface area contributed by atoms with E-state index in [0.717, 1.165) is 0 Å². The lowest BCUT2D eigenvalue weighted by Gasteiger charge is -2.06. The van der Waals surface area contributed by atoms with Crippen molar-refractivity contribution in [3.63, 3.8) is 0 Å². The van der Waals surface area contributed by atoms with Crippen molar-refractivity contribution in [3.8, 4) is 5.75 Å². The lowest BCUT2D eigenvalue weighted by Crippen LogP contribution is -2.03. The molecule has 0 aliphatic heterocycles. The molecule has 0 unspecified atom stereocenters. The zero-order valence-corrected chi connectivity index (χ0v) is 9.80. The van der Waals surface area contributed by atoms with Crippen molar-refractivity contribution in [1.82, 2.24) is 0 Å². The lowest BCUT2D eigenvalue weighted by molar-refractivity contribution is 0.103. The predicted octanol–water partition coefficient (Wildman–Crippen LogP) is 3.27. The van der Waals surface area contributed by atoms with Gasteiger partial charge in [-0.05, 0) is 12.1 Å². The van der Waals surface area contributed by atoms with E-state index in [1.165, 1.54) is 0 Å². The monoisotopic (exact) mass is 244 g/mol. The minimum atomic E-state index is -0.545. The molecule has 2 aromatic carbocycles. The summed E-state index contributed by atoms with van der Waals surface area (Å²) in [6.07, 6.45) is 0. The van der Waals surface area contributed by atoms with E-state index >= 15 is 0 Å². The van der Waals surface area contributed by atoms with Crippen molar-refractivity contribution in [3.05, 3.63) is 65.7 Å². The Morgan fingerprint density at radius 3 is 2.44 bits per heavy atom. The van der Waals surface area contributed by atoms with Crippen LogP contribution in [0.25, 0.3) is 0 Å². The summed E-state index contributed by atoms with van der Waals surface area (Å²) in [7, 11) is 0. The summed E-state index contributed by atoms with van der Waals surface area (Å²) in [5.74, 6) is 0.440. The molecule has 0 spiro atoms. The summed E-state index contributed by atoms with van der Waals surface area (Å²) in [5, 5.41) is 0. The Morgan fingerprint density at radius 2 is 1.72 bits per heavy atom. The van der Waals surface area contributed by atoms with Crippen LogP contribution in [0.1, 0.15) is 15.9 Å². The fourth-order valence-electron chi connectivity index (χ4n) is 1.64. The molecule has 2 aromatic rings. The third-order valence-corrected chi connectivity index (χ3v) is 2.48. The maximum absolute atomic E-state index is 12.1. The second kappa shape index (κ2) is 5.96. The number of carbonyl (C=O) groups excluding carboxylic acids is 1. The molecule has 0 radical (unpaired) electrons. The first kappa shape index (κ1) is 12.3. The molecule has 0 fully saturated rings. The molecule has 3 heteroatoms. The molecule has 0 aliphatic rings. The van der Waals surface area contributed by atoms with Gasteiger partial charge in [-0.2, -0.15) is 0 Å². The zero-order chi connectivity index (χ0) is 12.8. The van der Waals surface area contributed by atoms with E-state index in [-0.39, 0.29) is 12.4 Å². The van der Waals surface area contributed by atoms with Crippen LogP contribution in [0, 0.1) is 0 Å². The number of ether oxygens (including phenoxy) is 1. The highest BCUT2D eigenvalue weighted by atomic mass is 19.1. The first-order valence-electron chi connectivity index (χ1n) is 5.70. The van der Waals surface area contributed by atoms with Gasteiger partial charge in [-0.25, -0.2) is 4.39 Å². The van der Waals surface area contributed by atoms with Crippen molar-refractivity contribution in [2.45, 2.75) is 0 Å². The van der Waals surface area contributed by atoms with Crippen molar-refractivity contribution in [2.75, 3.05) is 13.3 Å². The van der Waals surface area contributed by atoms with Crippen LogP contribution in [0.15, 0.2) is 54.6 Å². The number of hydrogen-bond acceptors (Lipinski definition) is 2. The Morgan fingerprint density at radius 1 is 1.00 bits per heavy atom. The third-order valence-electron chi connectivity index (χ3n) is 2.48. The quantitative estimate of drug-likeness (QED) is 0.754. The number of halogens is 1. The Kier molecular flexibility index (Phi) is 4.07. The van der Waals surface area contributed by atoms with Crippen LogP contribution in [0.3, 0.4) is 0 Å². The molecule has 0 heterocycles. The summed E-state index contributed by atoms with van der Waals surface area (Å²) >= 11 is 0. The van der Waals surface area contributed by atoms with Crippen LogP contribution in [-0.2, 0) is 0 Å². The summed E-state index contributed by atoms with van der Waals surface area (Å²) < 4.78 is 17.2. The van der Waals surface area contributed by atoms with Crippen molar-refractivity contribution < 1.29 is 13.9 Å². The zero-order valence-electron chi connectivity index (χ0n) is 9.80. The van der Waals surface area contributed by atoms with Gasteiger partial charge in [0, 0.05) is 11.1 Å². The lowest BCUT2D eigenvalue weighted by atomic mass is 10.0. The molecule has 2 nitrogen and oxygen atoms in total. The van der Waals surface area contributed by atoms with Crippen molar-refractivity contribution >= 4 is 5.78 Å². The van der Waals surface area contributed by atoms with Gasteiger partial charge < -0.3 is 4.74 Å². The topological polar surface area (TPSA) is 26.3 Å². The molecule has 0 saturated heterocycles. The molecule has 92 valence electrons. The fourth-order valence-corrected chi connectivity index (χ4v) is 1.64. The highest BCUT2D eigenvalue weighted by Crippen LogP contribution is 2.16. The number of carbonyl (C=O) groups is 1. The van der Waals surface area contributed by atoms with Crippen LogP contribution in [0.2, 0.25) is 0 Å². The van der Waals surface area contributed by atoms with E-state index in [4.69, 9.17) is 4.74 Å². The number of ketones is 1. The first-order chi connectivity index (χ1) is 8.81. The molecular weight excluding hydrogens is 231 g/mol. The van der Waals surface area contributed by atoms with Gasteiger partial charge >= 0.3 is 0 Å². The minimum Gasteiger partial charge on any atom is -0.491 e. The van der Waals surface area contributed by atoms with Crippen LogP contribution in [0.5, 0.6) is 5.75 Å². The molecule has 0 bridgehead atoms. The van der Waals surface area contributed by atoms with E-state index in [0.29, 0.717) is 16.9 Å². The Labute approximate surface area is 105 Å². The molecule has 0 saturated carbocycles. The van der Waals surface area contributed by atoms with Gasteiger partial charge in [-0.15, -0.1) is 0 Å². The standard InChI is InChI=1S/C15H13FO2/c16-9-10-18-14-8-4-7-13(11-14)15(17)12-5-2-1-3-6-12/h1-8,11H,9-10H2. The Bertz CT molecular complexity index is 523. The maximum atomic E-state index is 12.1. The van der Waals surface area contributed by atoms with Gasteiger partial charge in [0.25, 0.3) is 0 Å². The molecule has 0 aromatic heterocycles. The van der Waals surface area contributed by atoms with Crippen molar-refractivity contribution in [2.24, 2.45) is 0 Å². The average molecular weight is 244 g/mol. The molecule has 0 N–H and O–H groups in total. The number of benzene rings is 2. The molecule has 18 heavy (non-hydrogen) atoms. The molecule has 0 atom stereocenters. The molecule has 0 amide bonds. The van der Waals surface area contributed by atoms with Crippen LogP contribution in [-0.4, -0.2) is 19.1 Å². The molecule has 2 rings (SSSR count). The predicted molar refractivity (Wildman–Crippen MR) is 67.8 cm³/mol. The Balaban J connectivity index is 2.20. The number of hydrogen-bond donors (Lipinski definition) is 0. The normalized spacial score (nSPS) is 10.1.